The first-order chi connectivity index (χ1) is 27.8. The van der Waals surface area contributed by atoms with Gasteiger partial charge in [-0.25, -0.2) is 0 Å². The minimum absolute atomic E-state index is 0.0799. The van der Waals surface area contributed by atoms with Gasteiger partial charge in [0.25, 0.3) is 0 Å². The van der Waals surface area contributed by atoms with Gasteiger partial charge < -0.3 is 5.11 Å². The van der Waals surface area contributed by atoms with E-state index in [0.29, 0.717) is 36.0 Å². The monoisotopic (exact) mass is 871 g/mol. The molecule has 288 valence electrons. The number of nitrogens with zero attached hydrogens (tertiary/aromatic N) is 4. The topological polar surface area (TPSA) is 150 Å². The van der Waals surface area contributed by atoms with Crippen LogP contribution in [0, 0.1) is 8.98 Å². The van der Waals surface area contributed by atoms with Crippen LogP contribution in [0.3, 0.4) is 0 Å². The Morgan fingerprint density at radius 1 is 0.754 bits per heavy atom. The fourth-order valence-corrected chi connectivity index (χ4v) is 11.2. The van der Waals surface area contributed by atoms with Crippen molar-refractivity contribution < 1.29 is 45.5 Å². The van der Waals surface area contributed by atoms with Crippen molar-refractivity contribution in [2.45, 2.75) is 67.7 Å². The second kappa shape index (κ2) is 15.3. The SMILES string of the molecule is N=c1c2c(-c3ccccc3)c(-c3ccccc3)n(Cc3ccc(C[I-]c4cccc5c4C(=O)N(C4CCC(=O)NC4=O)C5=O)cc3)c2ncn1C1CCC(O)CC1. The first kappa shape index (κ1) is 36.9. The molecule has 6 aromatic rings. The molecule has 3 aliphatic rings. The number of rotatable bonds is 9. The van der Waals surface area contributed by atoms with E-state index in [-0.39, 0.29) is 25.0 Å². The van der Waals surface area contributed by atoms with Crippen molar-refractivity contribution in [2.24, 2.45) is 0 Å². The summed E-state index contributed by atoms with van der Waals surface area (Å²) in [7, 11) is 0. The number of fused-ring (bicyclic) bond motifs is 2. The van der Waals surface area contributed by atoms with Crippen molar-refractivity contribution in [1.29, 1.82) is 5.41 Å². The molecule has 0 spiro atoms. The molecule has 1 saturated carbocycles. The number of halogens is 1. The maximum absolute atomic E-state index is 13.7. The van der Waals surface area contributed by atoms with E-state index in [4.69, 9.17) is 4.98 Å². The zero-order valence-corrected chi connectivity index (χ0v) is 33.2. The maximum atomic E-state index is 13.7. The predicted octanol–water partition coefficient (Wildman–Crippen LogP) is 3.04. The number of aliphatic hydroxyl groups is 1. The number of carbonyl (C=O) groups is 4. The van der Waals surface area contributed by atoms with Gasteiger partial charge in [0.15, 0.2) is 0 Å². The summed E-state index contributed by atoms with van der Waals surface area (Å²) in [6.45, 7) is 0.522. The predicted molar refractivity (Wildman–Crippen MR) is 209 cm³/mol. The first-order valence-corrected chi connectivity index (χ1v) is 21.9. The zero-order valence-electron chi connectivity index (χ0n) is 31.0. The summed E-state index contributed by atoms with van der Waals surface area (Å²) in [4.78, 5) is 57.5. The van der Waals surface area contributed by atoms with Gasteiger partial charge in [-0.1, -0.05) is 6.07 Å². The molecular formula is C45H40IN6O5-. The molecule has 57 heavy (non-hydrogen) atoms. The second-order valence-electron chi connectivity index (χ2n) is 14.9. The Kier molecular flexibility index (Phi) is 9.91. The Balaban J connectivity index is 1.03. The number of piperidine rings is 1. The van der Waals surface area contributed by atoms with Gasteiger partial charge in [-0.3, -0.25) is 0 Å². The number of carbonyl (C=O) groups excluding carboxylic acids is 4. The number of amides is 4. The van der Waals surface area contributed by atoms with Crippen molar-refractivity contribution in [3.05, 3.63) is 141 Å². The molecule has 4 heterocycles. The molecule has 12 heteroatoms. The van der Waals surface area contributed by atoms with Gasteiger partial charge >= 0.3 is 298 Å². The number of benzene rings is 4. The van der Waals surface area contributed by atoms with Crippen molar-refractivity contribution in [2.75, 3.05) is 0 Å². The van der Waals surface area contributed by atoms with Crippen LogP contribution >= 0.6 is 0 Å². The second-order valence-corrected chi connectivity index (χ2v) is 17.6. The van der Waals surface area contributed by atoms with Crippen LogP contribution in [0.2, 0.25) is 0 Å². The van der Waals surface area contributed by atoms with Gasteiger partial charge in [-0.05, 0) is 25.7 Å². The standard InChI is InChI=1S/C45H40IN6O5/c47-41-39-37(29-8-3-1-4-9-29)40(30-10-5-2-6-11-30)50(42(39)48-26-51(41)31-18-20-32(53)21-19-31)25-28-16-14-27(15-17-28)24-46-34-13-7-12-33-38(34)45(57)52(44(33)56)35-22-23-36(54)49-43(35)55/h1-17,26,31-32,35,47,53H,18-25H2,(H,49,54,55)/q-1. The van der Waals surface area contributed by atoms with Crippen molar-refractivity contribution >= 4 is 34.7 Å². The molecule has 4 aromatic carbocycles. The van der Waals surface area contributed by atoms with E-state index in [0.717, 1.165) is 70.3 Å². The summed E-state index contributed by atoms with van der Waals surface area (Å²) in [6.07, 6.45) is 4.74. The van der Waals surface area contributed by atoms with Crippen LogP contribution in [-0.4, -0.2) is 59.9 Å². The quantitative estimate of drug-likeness (QED) is 0.116. The summed E-state index contributed by atoms with van der Waals surface area (Å²) in [5, 5.41) is 22.9. The van der Waals surface area contributed by atoms with Crippen LogP contribution in [0.1, 0.15) is 76.4 Å². The van der Waals surface area contributed by atoms with E-state index in [9.17, 15) is 29.7 Å². The summed E-state index contributed by atoms with van der Waals surface area (Å²) in [5.41, 5.74) is 8.04. The first-order valence-electron chi connectivity index (χ1n) is 19.2. The minimum Gasteiger partial charge on any atom is -0.393 e. The van der Waals surface area contributed by atoms with Crippen LogP contribution in [0.4, 0.5) is 0 Å². The normalized spacial score (nSPS) is 19.7. The van der Waals surface area contributed by atoms with Gasteiger partial charge in [0.1, 0.15) is 0 Å². The molecule has 2 fully saturated rings. The molecule has 0 radical (unpaired) electrons. The van der Waals surface area contributed by atoms with Crippen LogP contribution in [0.5, 0.6) is 0 Å². The molecule has 9 rings (SSSR count). The third-order valence-corrected chi connectivity index (χ3v) is 14.3. The minimum atomic E-state index is -0.993. The molecule has 11 nitrogen and oxygen atoms in total. The smallest absolute Gasteiger partial charge is 0.393 e. The molecule has 3 N–H and O–H groups in total. The number of aliphatic hydroxyl groups excluding tert-OH is 1. The number of imide groups is 2. The summed E-state index contributed by atoms with van der Waals surface area (Å²) in [6, 6.07) is 33.4. The number of alkyl halides is 1. The van der Waals surface area contributed by atoms with E-state index in [1.54, 1.807) is 12.1 Å². The van der Waals surface area contributed by atoms with Crippen molar-refractivity contribution in [1.82, 2.24) is 24.3 Å². The molecule has 2 aliphatic heterocycles. The zero-order chi connectivity index (χ0) is 39.2. The van der Waals surface area contributed by atoms with Gasteiger partial charge in [-0.15, -0.1) is 0 Å². The number of hydrogen-bond acceptors (Lipinski definition) is 7. The Labute approximate surface area is 339 Å². The van der Waals surface area contributed by atoms with Crippen LogP contribution in [0.25, 0.3) is 33.4 Å². The average Bonchev–Trinajstić information content (AvgIpc) is 3.69. The molecule has 1 saturated heterocycles. The Bertz CT molecular complexity index is 2610. The Morgan fingerprint density at radius 2 is 1.44 bits per heavy atom. The summed E-state index contributed by atoms with van der Waals surface area (Å²) >= 11 is -0.724. The van der Waals surface area contributed by atoms with Crippen LogP contribution in [0.15, 0.2) is 109 Å². The van der Waals surface area contributed by atoms with E-state index in [1.165, 1.54) is 0 Å². The fourth-order valence-electron chi connectivity index (χ4n) is 8.47. The Morgan fingerprint density at radius 3 is 2.14 bits per heavy atom. The molecule has 1 aliphatic carbocycles. The molecular weight excluding hydrogens is 831 g/mol. The third-order valence-electron chi connectivity index (χ3n) is 11.4. The van der Waals surface area contributed by atoms with Gasteiger partial charge in [0.2, 0.25) is 0 Å². The number of aromatic nitrogens is 3. The summed E-state index contributed by atoms with van der Waals surface area (Å²) < 4.78 is 5.81. The Hall–Kier alpha value is -5.73. The van der Waals surface area contributed by atoms with Crippen molar-refractivity contribution in [3.63, 3.8) is 0 Å². The average molecular weight is 872 g/mol. The van der Waals surface area contributed by atoms with Gasteiger partial charge in [0.05, 0.1) is 6.10 Å². The van der Waals surface area contributed by atoms with Crippen molar-refractivity contribution in [3.8, 4) is 22.4 Å². The van der Waals surface area contributed by atoms with E-state index in [1.807, 2.05) is 53.4 Å². The fraction of sp³-hybridized carbons (Fsp3) is 0.244. The van der Waals surface area contributed by atoms with Gasteiger partial charge in [0, 0.05) is 0 Å². The molecule has 1 atom stereocenters. The number of hydrogen-bond donors (Lipinski definition) is 3. The molecule has 0 bridgehead atoms. The molecule has 4 amide bonds. The van der Waals surface area contributed by atoms with E-state index >= 15 is 0 Å². The molecule has 1 unspecified atom stereocenters. The van der Waals surface area contributed by atoms with Crippen LogP contribution < -0.4 is 32.0 Å². The number of nitrogens with one attached hydrogen (secondary N) is 2. The summed E-state index contributed by atoms with van der Waals surface area (Å²) in [5.74, 6) is -1.97. The molecule has 2 aromatic heterocycles. The third kappa shape index (κ3) is 6.80. The van der Waals surface area contributed by atoms with E-state index < -0.39 is 50.9 Å². The van der Waals surface area contributed by atoms with Crippen LogP contribution in [-0.2, 0) is 20.6 Å². The van der Waals surface area contributed by atoms with E-state index in [2.05, 4.69) is 58.4 Å². The van der Waals surface area contributed by atoms with Gasteiger partial charge in [-0.2, -0.15) is 0 Å².